The highest BCUT2D eigenvalue weighted by molar-refractivity contribution is 5.88. The van der Waals surface area contributed by atoms with E-state index in [-0.39, 0.29) is 24.9 Å². The third kappa shape index (κ3) is 4.58. The minimum atomic E-state index is 0. The number of fused-ring (bicyclic) bond motifs is 1. The number of pyridine rings is 1. The maximum Gasteiger partial charge on any atom is 0.260 e. The molecule has 2 aromatic carbocycles. The number of benzene rings is 2. The lowest BCUT2D eigenvalue weighted by Crippen LogP contribution is -2.33. The van der Waals surface area contributed by atoms with Crippen LogP contribution in [0.4, 0.5) is 0 Å². The van der Waals surface area contributed by atoms with Crippen LogP contribution in [0.15, 0.2) is 60.7 Å². The number of carbonyl (C=O) groups is 1. The van der Waals surface area contributed by atoms with Crippen molar-refractivity contribution >= 4 is 29.2 Å². The molecule has 0 N–H and O–H groups in total. The fraction of sp³-hybridized carbons (Fsp3) is 0.273. The van der Waals surface area contributed by atoms with Gasteiger partial charge in [-0.15, -0.1) is 12.4 Å². The molecule has 3 aromatic rings. The van der Waals surface area contributed by atoms with Crippen molar-refractivity contribution in [3.8, 4) is 17.0 Å². The number of ether oxygens (including phenoxy) is 1. The summed E-state index contributed by atoms with van der Waals surface area (Å²) in [5.41, 5.74) is 2.74. The summed E-state index contributed by atoms with van der Waals surface area (Å²) < 4.78 is 5.94. The van der Waals surface area contributed by atoms with Crippen molar-refractivity contribution in [1.29, 1.82) is 0 Å². The topological polar surface area (TPSA) is 42.4 Å². The third-order valence-electron chi connectivity index (χ3n) is 4.75. The molecule has 0 radical (unpaired) electrons. The molecule has 0 unspecified atom stereocenters. The van der Waals surface area contributed by atoms with Gasteiger partial charge in [-0.2, -0.15) is 0 Å². The first-order valence-corrected chi connectivity index (χ1v) is 9.02. The van der Waals surface area contributed by atoms with E-state index in [9.17, 15) is 4.79 Å². The molecule has 1 fully saturated rings. The lowest BCUT2D eigenvalue weighted by Gasteiger charge is -2.18. The predicted molar refractivity (Wildman–Crippen MR) is 110 cm³/mol. The van der Waals surface area contributed by atoms with Gasteiger partial charge >= 0.3 is 0 Å². The largest absolute Gasteiger partial charge is 0.483 e. The van der Waals surface area contributed by atoms with Crippen LogP contribution in [0.2, 0.25) is 0 Å². The molecular weight excluding hydrogens is 360 g/mol. The van der Waals surface area contributed by atoms with Gasteiger partial charge in [0.2, 0.25) is 0 Å². The zero-order chi connectivity index (χ0) is 17.9. The molecule has 1 aromatic heterocycles. The predicted octanol–water partition coefficient (Wildman–Crippen LogP) is 4.57. The number of hydrogen-bond acceptors (Lipinski definition) is 3. The average Bonchev–Trinajstić information content (AvgIpc) is 3.50. The Kier molecular flexibility index (Phi) is 5.97. The summed E-state index contributed by atoms with van der Waals surface area (Å²) in [7, 11) is 1.85. The number of nitrogens with zero attached hydrogens (tertiary/aromatic N) is 2. The van der Waals surface area contributed by atoms with Crippen LogP contribution >= 0.6 is 12.4 Å². The van der Waals surface area contributed by atoms with Crippen molar-refractivity contribution in [3.63, 3.8) is 0 Å². The zero-order valence-corrected chi connectivity index (χ0v) is 16.1. The van der Waals surface area contributed by atoms with Gasteiger partial charge in [-0.25, -0.2) is 4.98 Å². The Morgan fingerprint density at radius 3 is 2.56 bits per heavy atom. The monoisotopic (exact) mass is 382 g/mol. The van der Waals surface area contributed by atoms with E-state index < -0.39 is 0 Å². The number of amides is 1. The first kappa shape index (κ1) is 19.2. The molecule has 0 bridgehead atoms. The second-order valence-corrected chi connectivity index (χ2v) is 6.90. The lowest BCUT2D eigenvalue weighted by molar-refractivity contribution is -0.132. The van der Waals surface area contributed by atoms with Crippen molar-refractivity contribution in [2.45, 2.75) is 12.8 Å². The Hall–Kier alpha value is -2.59. The van der Waals surface area contributed by atoms with Crippen LogP contribution in [-0.4, -0.2) is 36.0 Å². The molecule has 0 aliphatic heterocycles. The van der Waals surface area contributed by atoms with Gasteiger partial charge in [0.1, 0.15) is 5.75 Å². The van der Waals surface area contributed by atoms with E-state index >= 15 is 0 Å². The summed E-state index contributed by atoms with van der Waals surface area (Å²) in [4.78, 5) is 18.9. The molecule has 1 aliphatic rings. The number of para-hydroxylation sites is 1. The minimum Gasteiger partial charge on any atom is -0.483 e. The first-order chi connectivity index (χ1) is 12.7. The molecule has 1 heterocycles. The number of aromatic nitrogens is 1. The fourth-order valence-electron chi connectivity index (χ4n) is 3.06. The highest BCUT2D eigenvalue weighted by Gasteiger charge is 2.25. The fourth-order valence-corrected chi connectivity index (χ4v) is 3.06. The van der Waals surface area contributed by atoms with Crippen LogP contribution < -0.4 is 4.74 Å². The van der Waals surface area contributed by atoms with Gasteiger partial charge in [-0.05, 0) is 30.9 Å². The molecule has 0 saturated heterocycles. The molecule has 4 rings (SSSR count). The zero-order valence-electron chi connectivity index (χ0n) is 15.3. The van der Waals surface area contributed by atoms with Crippen molar-refractivity contribution in [2.24, 2.45) is 5.92 Å². The molecule has 1 aliphatic carbocycles. The summed E-state index contributed by atoms with van der Waals surface area (Å²) in [5.74, 6) is 1.39. The SMILES string of the molecule is CN(CC1CC1)C(=O)COc1cc(-c2ccccc2)nc2ccccc12.Cl. The van der Waals surface area contributed by atoms with Crippen LogP contribution in [0.1, 0.15) is 12.8 Å². The summed E-state index contributed by atoms with van der Waals surface area (Å²) in [6, 6.07) is 19.8. The highest BCUT2D eigenvalue weighted by atomic mass is 35.5. The smallest absolute Gasteiger partial charge is 0.260 e. The van der Waals surface area contributed by atoms with E-state index in [2.05, 4.69) is 0 Å². The molecule has 0 spiro atoms. The van der Waals surface area contributed by atoms with Crippen LogP contribution in [0.5, 0.6) is 5.75 Å². The van der Waals surface area contributed by atoms with Gasteiger partial charge in [0, 0.05) is 30.6 Å². The van der Waals surface area contributed by atoms with Gasteiger partial charge in [0.05, 0.1) is 11.2 Å². The van der Waals surface area contributed by atoms with E-state index in [0.29, 0.717) is 11.7 Å². The average molecular weight is 383 g/mol. The van der Waals surface area contributed by atoms with E-state index in [1.54, 1.807) is 4.90 Å². The lowest BCUT2D eigenvalue weighted by atomic mass is 10.1. The van der Waals surface area contributed by atoms with E-state index in [0.717, 1.165) is 28.7 Å². The standard InChI is InChI=1S/C22H22N2O2.ClH/c1-24(14-16-11-12-16)22(25)15-26-21-13-20(17-7-3-2-4-8-17)23-19-10-6-5-9-18(19)21;/h2-10,13,16H,11-12,14-15H2,1H3;1H. The second-order valence-electron chi connectivity index (χ2n) is 6.90. The number of halogens is 1. The molecule has 27 heavy (non-hydrogen) atoms. The van der Waals surface area contributed by atoms with Crippen molar-refractivity contribution in [3.05, 3.63) is 60.7 Å². The minimum absolute atomic E-state index is 0. The maximum absolute atomic E-state index is 12.4. The van der Waals surface area contributed by atoms with Gasteiger partial charge in [-0.1, -0.05) is 42.5 Å². The normalized spacial score (nSPS) is 13.1. The summed E-state index contributed by atoms with van der Waals surface area (Å²) in [6.07, 6.45) is 2.46. The van der Waals surface area contributed by atoms with E-state index in [1.807, 2.05) is 67.7 Å². The highest BCUT2D eigenvalue weighted by Crippen LogP contribution is 2.31. The van der Waals surface area contributed by atoms with Gasteiger partial charge in [-0.3, -0.25) is 4.79 Å². The Balaban J connectivity index is 0.00000210. The van der Waals surface area contributed by atoms with Crippen LogP contribution in [0.25, 0.3) is 22.2 Å². The number of carbonyl (C=O) groups excluding carboxylic acids is 1. The quantitative estimate of drug-likeness (QED) is 0.627. The molecule has 4 nitrogen and oxygen atoms in total. The summed E-state index contributed by atoms with van der Waals surface area (Å²) >= 11 is 0. The third-order valence-corrected chi connectivity index (χ3v) is 4.75. The molecule has 5 heteroatoms. The second kappa shape index (κ2) is 8.40. The number of rotatable bonds is 6. The van der Waals surface area contributed by atoms with Crippen LogP contribution in [-0.2, 0) is 4.79 Å². The molecule has 1 amide bonds. The van der Waals surface area contributed by atoms with Gasteiger partial charge in [0.15, 0.2) is 6.61 Å². The van der Waals surface area contributed by atoms with Crippen LogP contribution in [0, 0.1) is 5.92 Å². The van der Waals surface area contributed by atoms with E-state index in [4.69, 9.17) is 9.72 Å². The van der Waals surface area contributed by atoms with Crippen molar-refractivity contribution < 1.29 is 9.53 Å². The Morgan fingerprint density at radius 2 is 1.81 bits per heavy atom. The molecule has 140 valence electrons. The molecule has 1 saturated carbocycles. The number of hydrogen-bond donors (Lipinski definition) is 0. The summed E-state index contributed by atoms with van der Waals surface area (Å²) in [5, 5.41) is 0.921. The van der Waals surface area contributed by atoms with Gasteiger partial charge < -0.3 is 9.64 Å². The van der Waals surface area contributed by atoms with Crippen molar-refractivity contribution in [2.75, 3.05) is 20.2 Å². The van der Waals surface area contributed by atoms with Gasteiger partial charge in [0.25, 0.3) is 5.91 Å². The first-order valence-electron chi connectivity index (χ1n) is 9.02. The Morgan fingerprint density at radius 1 is 1.11 bits per heavy atom. The Labute approximate surface area is 165 Å². The van der Waals surface area contributed by atoms with E-state index in [1.165, 1.54) is 12.8 Å². The maximum atomic E-state index is 12.4. The van der Waals surface area contributed by atoms with Crippen LogP contribution in [0.3, 0.4) is 0 Å². The Bertz CT molecular complexity index is 926. The molecule has 0 atom stereocenters. The summed E-state index contributed by atoms with van der Waals surface area (Å²) in [6.45, 7) is 0.875. The molecular formula is C22H23ClN2O2. The van der Waals surface area contributed by atoms with Crippen molar-refractivity contribution in [1.82, 2.24) is 9.88 Å². The number of likely N-dealkylation sites (N-methyl/N-ethyl adjacent to an activating group) is 1.